The van der Waals surface area contributed by atoms with Crippen LogP contribution >= 0.6 is 0 Å². The third-order valence-corrected chi connectivity index (χ3v) is 2.17. The predicted octanol–water partition coefficient (Wildman–Crippen LogP) is 2.07. The van der Waals surface area contributed by atoms with Crippen LogP contribution in [0.25, 0.3) is 0 Å². The molecule has 0 aliphatic carbocycles. The van der Waals surface area contributed by atoms with E-state index in [0.717, 1.165) is 11.8 Å². The summed E-state index contributed by atoms with van der Waals surface area (Å²) in [6.07, 6.45) is 2.80. The van der Waals surface area contributed by atoms with Crippen LogP contribution < -0.4 is 4.90 Å². The molecule has 0 unspecified atom stereocenters. The van der Waals surface area contributed by atoms with Crippen LogP contribution in [0, 0.1) is 6.92 Å². The Kier molecular flexibility index (Phi) is 3.92. The molecule has 3 heteroatoms. The Balaban J connectivity index is 2.65. The van der Waals surface area contributed by atoms with E-state index in [9.17, 15) is 4.79 Å². The van der Waals surface area contributed by atoms with Crippen molar-refractivity contribution in [1.29, 1.82) is 0 Å². The molecule has 1 aromatic rings. The Labute approximate surface area is 89.6 Å². The lowest BCUT2D eigenvalue weighted by Gasteiger charge is -2.19. The van der Waals surface area contributed by atoms with Crippen molar-refractivity contribution in [2.45, 2.75) is 6.92 Å². The fourth-order valence-corrected chi connectivity index (χ4v) is 1.40. The van der Waals surface area contributed by atoms with E-state index in [0.29, 0.717) is 6.54 Å². The van der Waals surface area contributed by atoms with Crippen molar-refractivity contribution in [3.63, 3.8) is 0 Å². The average molecular weight is 205 g/mol. The number of nitrogens with zero attached hydrogens (tertiary/aromatic N) is 1. The Hall–Kier alpha value is -1.77. The second-order valence-electron chi connectivity index (χ2n) is 3.41. The van der Waals surface area contributed by atoms with Crippen LogP contribution in [0.1, 0.15) is 5.56 Å². The quantitative estimate of drug-likeness (QED) is 0.765. The number of likely N-dealkylation sites (N-methyl/N-ethyl adjacent to an activating group) is 1. The number of carboxylic acids is 1. The Morgan fingerprint density at radius 3 is 2.73 bits per heavy atom. The van der Waals surface area contributed by atoms with E-state index in [1.165, 1.54) is 5.56 Å². The van der Waals surface area contributed by atoms with E-state index in [-0.39, 0.29) is 0 Å². The van der Waals surface area contributed by atoms with E-state index in [2.05, 4.69) is 0 Å². The molecule has 0 aliphatic heterocycles. The highest BCUT2D eigenvalue weighted by Crippen LogP contribution is 2.17. The first-order valence-electron chi connectivity index (χ1n) is 4.77. The molecule has 80 valence electrons. The molecule has 0 aliphatic rings. The number of aryl methyl sites for hydroxylation is 1. The number of carboxylic acid groups (broad SMARTS) is 1. The lowest BCUT2D eigenvalue weighted by atomic mass is 10.2. The highest BCUT2D eigenvalue weighted by Gasteiger charge is 2.00. The van der Waals surface area contributed by atoms with Gasteiger partial charge in [-0.25, -0.2) is 4.79 Å². The van der Waals surface area contributed by atoms with E-state index in [4.69, 9.17) is 5.11 Å². The highest BCUT2D eigenvalue weighted by molar-refractivity contribution is 5.79. The van der Waals surface area contributed by atoms with Crippen LogP contribution in [0.15, 0.2) is 36.4 Å². The molecular formula is C12H15NO2. The fourth-order valence-electron chi connectivity index (χ4n) is 1.40. The molecule has 0 aromatic heterocycles. The van der Waals surface area contributed by atoms with Crippen molar-refractivity contribution in [2.75, 3.05) is 18.5 Å². The standard InChI is InChI=1S/C12H15NO2/c1-10-6-3-4-7-11(10)13(2)9-5-8-12(14)15/h3-8H,9H2,1-2H3,(H,14,15). The van der Waals surface area contributed by atoms with Gasteiger partial charge in [-0.15, -0.1) is 0 Å². The van der Waals surface area contributed by atoms with Gasteiger partial charge in [0.25, 0.3) is 0 Å². The first-order valence-corrected chi connectivity index (χ1v) is 4.77. The zero-order valence-corrected chi connectivity index (χ0v) is 8.97. The largest absolute Gasteiger partial charge is 0.478 e. The third-order valence-electron chi connectivity index (χ3n) is 2.17. The summed E-state index contributed by atoms with van der Waals surface area (Å²) in [5, 5.41) is 8.45. The molecule has 0 atom stereocenters. The Morgan fingerprint density at radius 1 is 1.47 bits per heavy atom. The number of para-hydroxylation sites is 1. The maximum absolute atomic E-state index is 10.3. The van der Waals surface area contributed by atoms with Gasteiger partial charge in [0.05, 0.1) is 0 Å². The summed E-state index contributed by atoms with van der Waals surface area (Å²) in [4.78, 5) is 12.3. The maximum Gasteiger partial charge on any atom is 0.328 e. The molecule has 0 bridgehead atoms. The minimum atomic E-state index is -0.909. The first-order chi connectivity index (χ1) is 7.11. The van der Waals surface area contributed by atoms with Crippen LogP contribution in [0.5, 0.6) is 0 Å². The first kappa shape index (κ1) is 11.3. The second kappa shape index (κ2) is 5.20. The summed E-state index contributed by atoms with van der Waals surface area (Å²) in [5.41, 5.74) is 2.30. The molecule has 0 radical (unpaired) electrons. The van der Waals surface area contributed by atoms with Gasteiger partial charge in [0.1, 0.15) is 0 Å². The summed E-state index contributed by atoms with van der Waals surface area (Å²) in [7, 11) is 1.94. The van der Waals surface area contributed by atoms with E-state index in [1.807, 2.05) is 43.1 Å². The topological polar surface area (TPSA) is 40.5 Å². The lowest BCUT2D eigenvalue weighted by Crippen LogP contribution is -2.17. The lowest BCUT2D eigenvalue weighted by molar-refractivity contribution is -0.131. The van der Waals surface area contributed by atoms with Gasteiger partial charge in [0.2, 0.25) is 0 Å². The van der Waals surface area contributed by atoms with Gasteiger partial charge in [0, 0.05) is 25.4 Å². The second-order valence-corrected chi connectivity index (χ2v) is 3.41. The van der Waals surface area contributed by atoms with Gasteiger partial charge in [-0.2, -0.15) is 0 Å². The smallest absolute Gasteiger partial charge is 0.328 e. The van der Waals surface area contributed by atoms with Crippen molar-refractivity contribution in [3.05, 3.63) is 42.0 Å². The van der Waals surface area contributed by atoms with E-state index in [1.54, 1.807) is 6.08 Å². The summed E-state index contributed by atoms with van der Waals surface area (Å²) in [6, 6.07) is 8.01. The molecule has 1 N–H and O–H groups in total. The van der Waals surface area contributed by atoms with Crippen molar-refractivity contribution >= 4 is 11.7 Å². The minimum absolute atomic E-state index is 0.594. The molecule has 1 rings (SSSR count). The summed E-state index contributed by atoms with van der Waals surface area (Å²) < 4.78 is 0. The van der Waals surface area contributed by atoms with Gasteiger partial charge in [-0.05, 0) is 18.6 Å². The van der Waals surface area contributed by atoms with Gasteiger partial charge in [-0.3, -0.25) is 0 Å². The fraction of sp³-hybridized carbons (Fsp3) is 0.250. The molecule has 15 heavy (non-hydrogen) atoms. The SMILES string of the molecule is Cc1ccccc1N(C)CC=CC(=O)O. The number of carbonyl (C=O) groups is 1. The number of hydrogen-bond acceptors (Lipinski definition) is 2. The molecule has 0 heterocycles. The van der Waals surface area contributed by atoms with Crippen LogP contribution in [-0.4, -0.2) is 24.7 Å². The molecule has 3 nitrogen and oxygen atoms in total. The predicted molar refractivity (Wildman–Crippen MR) is 61.2 cm³/mol. The molecule has 0 fully saturated rings. The molecule has 1 aromatic carbocycles. The van der Waals surface area contributed by atoms with Crippen LogP contribution in [0.2, 0.25) is 0 Å². The van der Waals surface area contributed by atoms with Crippen LogP contribution in [0.3, 0.4) is 0 Å². The molecule has 0 amide bonds. The molecule has 0 saturated heterocycles. The summed E-state index contributed by atoms with van der Waals surface area (Å²) in [5.74, 6) is -0.909. The summed E-state index contributed by atoms with van der Waals surface area (Å²) in [6.45, 7) is 2.63. The number of anilines is 1. The number of benzene rings is 1. The average Bonchev–Trinajstić information content (AvgIpc) is 2.17. The van der Waals surface area contributed by atoms with Gasteiger partial charge in [-0.1, -0.05) is 24.3 Å². The van der Waals surface area contributed by atoms with Crippen molar-refractivity contribution in [1.82, 2.24) is 0 Å². The van der Waals surface area contributed by atoms with Gasteiger partial charge >= 0.3 is 5.97 Å². The zero-order valence-electron chi connectivity index (χ0n) is 8.97. The van der Waals surface area contributed by atoms with E-state index >= 15 is 0 Å². The van der Waals surface area contributed by atoms with Crippen molar-refractivity contribution in [3.8, 4) is 0 Å². The number of hydrogen-bond donors (Lipinski definition) is 1. The molecule has 0 saturated carbocycles. The summed E-state index contributed by atoms with van der Waals surface area (Å²) >= 11 is 0. The normalized spacial score (nSPS) is 10.5. The minimum Gasteiger partial charge on any atom is -0.478 e. The van der Waals surface area contributed by atoms with Crippen molar-refractivity contribution < 1.29 is 9.90 Å². The van der Waals surface area contributed by atoms with Gasteiger partial charge < -0.3 is 10.0 Å². The van der Waals surface area contributed by atoms with Crippen LogP contribution in [-0.2, 0) is 4.79 Å². The maximum atomic E-state index is 10.3. The highest BCUT2D eigenvalue weighted by atomic mass is 16.4. The Morgan fingerprint density at radius 2 is 2.13 bits per heavy atom. The van der Waals surface area contributed by atoms with E-state index < -0.39 is 5.97 Å². The van der Waals surface area contributed by atoms with Crippen LogP contribution in [0.4, 0.5) is 5.69 Å². The molecular weight excluding hydrogens is 190 g/mol. The number of aliphatic carboxylic acids is 1. The van der Waals surface area contributed by atoms with Gasteiger partial charge in [0.15, 0.2) is 0 Å². The third kappa shape index (κ3) is 3.46. The monoisotopic (exact) mass is 205 g/mol. The Bertz CT molecular complexity index is 372. The van der Waals surface area contributed by atoms with Crippen molar-refractivity contribution in [2.24, 2.45) is 0 Å². The molecule has 0 spiro atoms. The number of rotatable bonds is 4. The zero-order chi connectivity index (χ0) is 11.3.